The SMILES string of the molecule is [Li][C]#Cc1cccnc1. The predicted octanol–water partition coefficient (Wildman–Crippen LogP) is 0.559. The summed E-state index contributed by atoms with van der Waals surface area (Å²) < 4.78 is 2.79. The molecule has 1 rings (SSSR count). The topological polar surface area (TPSA) is 12.9 Å². The molecule has 0 aromatic carbocycles. The van der Waals surface area contributed by atoms with Crippen molar-refractivity contribution in [2.24, 2.45) is 0 Å². The molecule has 0 radical (unpaired) electrons. The molecule has 38 valence electrons. The van der Waals surface area contributed by atoms with E-state index < -0.39 is 0 Å². The average Bonchev–Trinajstić information content (AvgIpc) is 1.91. The van der Waals surface area contributed by atoms with E-state index in [4.69, 9.17) is 0 Å². The van der Waals surface area contributed by atoms with Crippen LogP contribution in [0.2, 0.25) is 0 Å². The van der Waals surface area contributed by atoms with Crippen LogP contribution in [0.3, 0.4) is 0 Å². The average molecular weight is 109 g/mol. The Balaban J connectivity index is 2.94. The standard InChI is InChI=1S/C7H4N.Li/c1-2-7-4-3-5-8-6-7;/h3-6H;. The molecule has 1 heterocycles. The molecule has 0 bridgehead atoms. The zero-order valence-electron chi connectivity index (χ0n) is 5.26. The van der Waals surface area contributed by atoms with Crippen LogP contribution >= 0.6 is 0 Å². The van der Waals surface area contributed by atoms with Crippen molar-refractivity contribution in [3.8, 4) is 10.5 Å². The van der Waals surface area contributed by atoms with E-state index in [0.29, 0.717) is 0 Å². The zero-order valence-corrected chi connectivity index (χ0v) is 5.26. The third-order valence-electron chi connectivity index (χ3n) is 0.931. The Morgan fingerprint density at radius 3 is 3.00 bits per heavy atom. The van der Waals surface area contributed by atoms with Gasteiger partial charge in [-0.3, -0.25) is 0 Å². The van der Waals surface area contributed by atoms with Gasteiger partial charge in [-0.25, -0.2) is 0 Å². The van der Waals surface area contributed by atoms with Crippen molar-refractivity contribution in [2.45, 2.75) is 0 Å². The number of aromatic nitrogens is 1. The summed E-state index contributed by atoms with van der Waals surface area (Å²) in [5, 5.41) is 0. The van der Waals surface area contributed by atoms with Crippen molar-refractivity contribution in [1.29, 1.82) is 0 Å². The van der Waals surface area contributed by atoms with Gasteiger partial charge < -0.3 is 0 Å². The first-order chi connectivity index (χ1) is 4.43. The van der Waals surface area contributed by atoms with Gasteiger partial charge in [-0.1, -0.05) is 0 Å². The Morgan fingerprint density at radius 1 is 1.56 bits per heavy atom. The molecular formula is C7H4LiN. The van der Waals surface area contributed by atoms with E-state index in [0.717, 1.165) is 5.56 Å². The molecule has 0 N–H and O–H groups in total. The monoisotopic (exact) mass is 109 g/mol. The van der Waals surface area contributed by atoms with Gasteiger partial charge in [0.05, 0.1) is 0 Å². The molecule has 0 saturated carbocycles. The molecule has 0 spiro atoms. The molecule has 0 aliphatic carbocycles. The van der Waals surface area contributed by atoms with Gasteiger partial charge in [-0.05, 0) is 0 Å². The first-order valence-electron chi connectivity index (χ1n) is 2.76. The van der Waals surface area contributed by atoms with Gasteiger partial charge in [0.15, 0.2) is 0 Å². The molecule has 1 aromatic heterocycles. The maximum atomic E-state index is 3.90. The summed E-state index contributed by atoms with van der Waals surface area (Å²) in [6, 6.07) is 3.81. The van der Waals surface area contributed by atoms with Gasteiger partial charge >= 0.3 is 63.3 Å². The van der Waals surface area contributed by atoms with E-state index in [1.807, 2.05) is 29.8 Å². The fourth-order valence-corrected chi connectivity index (χ4v) is 0.581. The molecule has 9 heavy (non-hydrogen) atoms. The number of pyridine rings is 1. The Hall–Kier alpha value is -0.693. The van der Waals surface area contributed by atoms with Crippen LogP contribution in [0, 0.1) is 10.5 Å². The zero-order chi connectivity index (χ0) is 6.53. The van der Waals surface area contributed by atoms with Crippen molar-refractivity contribution in [3.05, 3.63) is 30.1 Å². The van der Waals surface area contributed by atoms with Gasteiger partial charge in [0.25, 0.3) is 0 Å². The number of nitrogens with zero attached hydrogens (tertiary/aromatic N) is 1. The van der Waals surface area contributed by atoms with Gasteiger partial charge in [-0.2, -0.15) is 0 Å². The Kier molecular flexibility index (Phi) is 2.40. The molecule has 0 unspecified atom stereocenters. The first kappa shape index (κ1) is 6.43. The molecule has 0 aliphatic rings. The molecular weight excluding hydrogens is 105 g/mol. The van der Waals surface area contributed by atoms with E-state index in [-0.39, 0.29) is 0 Å². The third-order valence-corrected chi connectivity index (χ3v) is 0.931. The molecule has 0 aliphatic heterocycles. The van der Waals surface area contributed by atoms with E-state index in [9.17, 15) is 0 Å². The Bertz CT molecular complexity index is 232. The van der Waals surface area contributed by atoms with Crippen LogP contribution in [-0.2, 0) is 0 Å². The third kappa shape index (κ3) is 1.94. The summed E-state index contributed by atoms with van der Waals surface area (Å²) in [4.78, 5) is 3.90. The van der Waals surface area contributed by atoms with Crippen LogP contribution in [0.1, 0.15) is 5.56 Å². The summed E-state index contributed by atoms with van der Waals surface area (Å²) in [6.45, 7) is 0. The van der Waals surface area contributed by atoms with E-state index in [1.165, 1.54) is 0 Å². The Morgan fingerprint density at radius 2 is 2.44 bits per heavy atom. The van der Waals surface area contributed by atoms with Crippen LogP contribution in [0.25, 0.3) is 0 Å². The molecule has 0 atom stereocenters. The van der Waals surface area contributed by atoms with Crippen LogP contribution in [-0.4, -0.2) is 22.7 Å². The maximum absolute atomic E-state index is 3.90. The van der Waals surface area contributed by atoms with Crippen LogP contribution in [0.15, 0.2) is 24.5 Å². The fraction of sp³-hybridized carbons (Fsp3) is 0. The quantitative estimate of drug-likeness (QED) is 0.350. The van der Waals surface area contributed by atoms with Gasteiger partial charge in [0, 0.05) is 0 Å². The van der Waals surface area contributed by atoms with Crippen LogP contribution < -0.4 is 0 Å². The van der Waals surface area contributed by atoms with E-state index in [2.05, 4.69) is 15.5 Å². The molecule has 0 amide bonds. The minimum absolute atomic E-state index is 0.972. The predicted molar refractivity (Wildman–Crippen MR) is 36.9 cm³/mol. The summed E-state index contributed by atoms with van der Waals surface area (Å²) >= 11 is 1.81. The normalized spacial score (nSPS) is 7.78. The molecule has 2 heteroatoms. The summed E-state index contributed by atoms with van der Waals surface area (Å²) in [5.41, 5.74) is 0.972. The van der Waals surface area contributed by atoms with Crippen molar-refractivity contribution in [2.75, 3.05) is 0 Å². The summed E-state index contributed by atoms with van der Waals surface area (Å²) in [6.07, 6.45) is 3.48. The molecule has 1 aromatic rings. The van der Waals surface area contributed by atoms with Gasteiger partial charge in [-0.15, -0.1) is 0 Å². The van der Waals surface area contributed by atoms with Crippen LogP contribution in [0.5, 0.6) is 0 Å². The first-order valence-corrected chi connectivity index (χ1v) is 2.76. The van der Waals surface area contributed by atoms with Crippen molar-refractivity contribution in [3.63, 3.8) is 0 Å². The molecule has 0 fully saturated rings. The second-order valence-electron chi connectivity index (χ2n) is 1.62. The molecule has 0 saturated heterocycles. The van der Waals surface area contributed by atoms with Crippen molar-refractivity contribution >= 4 is 17.7 Å². The fourth-order valence-electron chi connectivity index (χ4n) is 0.581. The van der Waals surface area contributed by atoms with E-state index >= 15 is 0 Å². The summed E-state index contributed by atoms with van der Waals surface area (Å²) in [5.74, 6) is 2.90. The Labute approximate surface area is 63.7 Å². The van der Waals surface area contributed by atoms with Crippen molar-refractivity contribution in [1.82, 2.24) is 4.98 Å². The number of hydrogen-bond donors (Lipinski definition) is 0. The van der Waals surface area contributed by atoms with E-state index in [1.54, 1.807) is 12.4 Å². The second-order valence-corrected chi connectivity index (χ2v) is 1.62. The second kappa shape index (κ2) is 3.36. The summed E-state index contributed by atoms with van der Waals surface area (Å²) in [7, 11) is 0. The van der Waals surface area contributed by atoms with Crippen LogP contribution in [0.4, 0.5) is 0 Å². The number of rotatable bonds is 0. The molecule has 1 nitrogen and oxygen atoms in total. The number of hydrogen-bond acceptors (Lipinski definition) is 1. The van der Waals surface area contributed by atoms with Crippen molar-refractivity contribution < 1.29 is 0 Å². The van der Waals surface area contributed by atoms with Gasteiger partial charge in [0.1, 0.15) is 0 Å². The van der Waals surface area contributed by atoms with Gasteiger partial charge in [0.2, 0.25) is 0 Å². The minimum atomic E-state index is 0.972.